The largest absolute Gasteiger partial charge is 0.396 e. The van der Waals surface area contributed by atoms with Crippen molar-refractivity contribution in [1.29, 1.82) is 5.26 Å². The fourth-order valence-electron chi connectivity index (χ4n) is 3.38. The second-order valence-electron chi connectivity index (χ2n) is 7.25. The van der Waals surface area contributed by atoms with Gasteiger partial charge in [-0.25, -0.2) is 9.67 Å². The zero-order valence-corrected chi connectivity index (χ0v) is 16.3. The molecule has 0 unspecified atom stereocenters. The van der Waals surface area contributed by atoms with Crippen molar-refractivity contribution in [2.45, 2.75) is 25.2 Å². The van der Waals surface area contributed by atoms with Gasteiger partial charge >= 0.3 is 0 Å². The molecular weight excluding hydrogens is 382 g/mol. The van der Waals surface area contributed by atoms with Gasteiger partial charge in [-0.05, 0) is 60.6 Å². The lowest BCUT2D eigenvalue weighted by Crippen LogP contribution is -2.25. The Bertz CT molecular complexity index is 1170. The summed E-state index contributed by atoms with van der Waals surface area (Å²) in [5, 5.41) is 23.6. The number of carbonyl (C=O) groups excluding carboxylic acids is 1. The van der Waals surface area contributed by atoms with Gasteiger partial charge in [-0.3, -0.25) is 14.7 Å². The maximum atomic E-state index is 13.0. The van der Waals surface area contributed by atoms with E-state index in [0.717, 1.165) is 24.0 Å². The number of nitrogens with one attached hydrogen (secondary N) is 2. The van der Waals surface area contributed by atoms with Gasteiger partial charge in [0.15, 0.2) is 5.82 Å². The molecule has 152 valence electrons. The predicted octanol–water partition coefficient (Wildman–Crippen LogP) is 2.09. The van der Waals surface area contributed by atoms with Crippen LogP contribution < -0.4 is 10.9 Å². The molecule has 1 fully saturated rings. The molecule has 4 rings (SSSR count). The molecule has 8 heteroatoms. The van der Waals surface area contributed by atoms with E-state index in [1.165, 1.54) is 10.9 Å². The number of carbonyl (C=O) groups is 1. The van der Waals surface area contributed by atoms with E-state index in [4.69, 9.17) is 5.11 Å². The number of hydrogen-bond acceptors (Lipinski definition) is 5. The molecular formula is C22H21N5O3. The molecule has 0 spiro atoms. The highest BCUT2D eigenvalue weighted by Crippen LogP contribution is 2.44. The molecule has 0 bridgehead atoms. The third kappa shape index (κ3) is 3.88. The SMILES string of the molecule is N#Cc1ccc(-c2c[nH]n(-c3ccc(C(=O)NCCCO)cn3)c2=O)c(C2CC2)c1. The molecule has 3 aromatic rings. The maximum Gasteiger partial charge on any atom is 0.280 e. The van der Waals surface area contributed by atoms with E-state index in [1.807, 2.05) is 12.1 Å². The molecule has 2 heterocycles. The summed E-state index contributed by atoms with van der Waals surface area (Å²) in [6.07, 6.45) is 5.66. The van der Waals surface area contributed by atoms with Gasteiger partial charge in [0, 0.05) is 25.5 Å². The molecule has 8 nitrogen and oxygen atoms in total. The Morgan fingerprint density at radius 1 is 1.30 bits per heavy atom. The predicted molar refractivity (Wildman–Crippen MR) is 110 cm³/mol. The molecule has 1 aromatic carbocycles. The van der Waals surface area contributed by atoms with Gasteiger partial charge in [-0.1, -0.05) is 6.07 Å². The van der Waals surface area contributed by atoms with E-state index in [1.54, 1.807) is 24.4 Å². The minimum atomic E-state index is -0.284. The lowest BCUT2D eigenvalue weighted by molar-refractivity contribution is 0.0951. The van der Waals surface area contributed by atoms with Crippen LogP contribution in [0.1, 0.15) is 46.7 Å². The number of nitrogens with zero attached hydrogens (tertiary/aromatic N) is 3. The van der Waals surface area contributed by atoms with E-state index in [-0.39, 0.29) is 18.1 Å². The van der Waals surface area contributed by atoms with Crippen molar-refractivity contribution in [3.8, 4) is 23.0 Å². The van der Waals surface area contributed by atoms with E-state index >= 15 is 0 Å². The molecule has 1 aliphatic rings. The molecule has 0 aliphatic heterocycles. The van der Waals surface area contributed by atoms with Gasteiger partial charge in [0.05, 0.1) is 22.8 Å². The number of aromatic nitrogens is 3. The number of rotatable bonds is 7. The Hall–Kier alpha value is -3.70. The summed E-state index contributed by atoms with van der Waals surface area (Å²) in [7, 11) is 0. The number of amides is 1. The number of hydrogen-bond donors (Lipinski definition) is 3. The number of benzene rings is 1. The van der Waals surface area contributed by atoms with E-state index in [2.05, 4.69) is 21.5 Å². The first-order chi connectivity index (χ1) is 14.6. The lowest BCUT2D eigenvalue weighted by Gasteiger charge is -2.07. The highest BCUT2D eigenvalue weighted by atomic mass is 16.3. The third-order valence-corrected chi connectivity index (χ3v) is 5.12. The van der Waals surface area contributed by atoms with Gasteiger partial charge in [0.2, 0.25) is 0 Å². The summed E-state index contributed by atoms with van der Waals surface area (Å²) in [5.41, 5.74) is 3.10. The first kappa shape index (κ1) is 19.6. The van der Waals surface area contributed by atoms with Crippen LogP contribution in [0.5, 0.6) is 0 Å². The summed E-state index contributed by atoms with van der Waals surface area (Å²) in [6, 6.07) is 10.8. The van der Waals surface area contributed by atoms with Crippen LogP contribution in [-0.4, -0.2) is 38.9 Å². The average Bonchev–Trinajstić information content (AvgIpc) is 3.56. The Labute approximate surface area is 172 Å². The van der Waals surface area contributed by atoms with Crippen molar-refractivity contribution in [2.75, 3.05) is 13.2 Å². The monoisotopic (exact) mass is 403 g/mol. The van der Waals surface area contributed by atoms with Crippen LogP contribution >= 0.6 is 0 Å². The van der Waals surface area contributed by atoms with Crippen molar-refractivity contribution in [2.24, 2.45) is 0 Å². The molecule has 3 N–H and O–H groups in total. The van der Waals surface area contributed by atoms with Gasteiger partial charge in [0.1, 0.15) is 0 Å². The van der Waals surface area contributed by atoms with Gasteiger partial charge in [0.25, 0.3) is 11.5 Å². The molecule has 0 radical (unpaired) electrons. The zero-order valence-electron chi connectivity index (χ0n) is 16.3. The Morgan fingerprint density at radius 3 is 2.80 bits per heavy atom. The maximum absolute atomic E-state index is 13.0. The molecule has 2 aromatic heterocycles. The average molecular weight is 403 g/mol. The van der Waals surface area contributed by atoms with Crippen molar-refractivity contribution in [3.63, 3.8) is 0 Å². The highest BCUT2D eigenvalue weighted by Gasteiger charge is 2.28. The first-order valence-corrected chi connectivity index (χ1v) is 9.82. The topological polar surface area (TPSA) is 124 Å². The molecule has 30 heavy (non-hydrogen) atoms. The van der Waals surface area contributed by atoms with Crippen LogP contribution in [0.25, 0.3) is 16.9 Å². The van der Waals surface area contributed by atoms with Gasteiger partial charge < -0.3 is 10.4 Å². The Balaban J connectivity index is 1.61. The highest BCUT2D eigenvalue weighted by molar-refractivity contribution is 5.93. The second kappa shape index (κ2) is 8.35. The Morgan fingerprint density at radius 2 is 2.13 bits per heavy atom. The summed E-state index contributed by atoms with van der Waals surface area (Å²) < 4.78 is 1.33. The number of aromatic amines is 1. The molecule has 1 amide bonds. The summed E-state index contributed by atoms with van der Waals surface area (Å²) in [5.74, 6) is 0.478. The zero-order chi connectivity index (χ0) is 21.1. The van der Waals surface area contributed by atoms with Gasteiger partial charge in [-0.15, -0.1) is 0 Å². The molecule has 0 atom stereocenters. The van der Waals surface area contributed by atoms with Crippen molar-refractivity contribution in [1.82, 2.24) is 20.1 Å². The number of aliphatic hydroxyl groups is 1. The number of pyridine rings is 1. The normalized spacial score (nSPS) is 13.1. The quantitative estimate of drug-likeness (QED) is 0.521. The van der Waals surface area contributed by atoms with E-state index in [9.17, 15) is 14.9 Å². The van der Waals surface area contributed by atoms with Crippen molar-refractivity contribution >= 4 is 5.91 Å². The standard InChI is InChI=1S/C22H21N5O3/c23-11-14-2-6-17(18(10-14)15-3-4-15)19-13-26-27(22(19)30)20-7-5-16(12-25-20)21(29)24-8-1-9-28/h2,5-7,10,12-13,15,26,28H,1,3-4,8-9H2,(H,24,29). The smallest absolute Gasteiger partial charge is 0.280 e. The van der Waals surface area contributed by atoms with Crippen LogP contribution in [0.2, 0.25) is 0 Å². The molecule has 1 saturated carbocycles. The number of nitriles is 1. The molecule has 1 aliphatic carbocycles. The summed E-state index contributed by atoms with van der Waals surface area (Å²) >= 11 is 0. The van der Waals surface area contributed by atoms with Crippen LogP contribution in [0.4, 0.5) is 0 Å². The van der Waals surface area contributed by atoms with Crippen molar-refractivity contribution in [3.05, 3.63) is 69.8 Å². The van der Waals surface area contributed by atoms with Crippen LogP contribution in [0.15, 0.2) is 47.5 Å². The Kier molecular flexibility index (Phi) is 5.46. The fraction of sp³-hybridized carbons (Fsp3) is 0.273. The number of aliphatic hydroxyl groups excluding tert-OH is 1. The van der Waals surface area contributed by atoms with Crippen LogP contribution in [0, 0.1) is 11.3 Å². The van der Waals surface area contributed by atoms with Crippen LogP contribution in [-0.2, 0) is 0 Å². The van der Waals surface area contributed by atoms with E-state index in [0.29, 0.717) is 41.4 Å². The minimum absolute atomic E-state index is 0.0112. The van der Waals surface area contributed by atoms with Crippen LogP contribution in [0.3, 0.4) is 0 Å². The number of H-pyrrole nitrogens is 1. The summed E-state index contributed by atoms with van der Waals surface area (Å²) in [4.78, 5) is 29.3. The molecule has 0 saturated heterocycles. The first-order valence-electron chi connectivity index (χ1n) is 9.82. The second-order valence-corrected chi connectivity index (χ2v) is 7.25. The van der Waals surface area contributed by atoms with E-state index < -0.39 is 0 Å². The lowest BCUT2D eigenvalue weighted by atomic mass is 9.96. The van der Waals surface area contributed by atoms with Crippen molar-refractivity contribution < 1.29 is 9.90 Å². The minimum Gasteiger partial charge on any atom is -0.396 e. The van der Waals surface area contributed by atoms with Gasteiger partial charge in [-0.2, -0.15) is 5.26 Å². The fourth-order valence-corrected chi connectivity index (χ4v) is 3.38. The third-order valence-electron chi connectivity index (χ3n) is 5.12. The summed E-state index contributed by atoms with van der Waals surface area (Å²) in [6.45, 7) is 0.391.